The maximum atomic E-state index is 13.1. The molecule has 2 amide bonds. The van der Waals surface area contributed by atoms with E-state index in [1.807, 2.05) is 44.2 Å². The number of nitrogens with two attached hydrogens (primary N) is 1. The third-order valence-electron chi connectivity index (χ3n) is 4.63. The lowest BCUT2D eigenvalue weighted by Crippen LogP contribution is -2.18. The van der Waals surface area contributed by atoms with Crippen LogP contribution in [-0.4, -0.2) is 26.6 Å². The van der Waals surface area contributed by atoms with Gasteiger partial charge in [0.15, 0.2) is 5.65 Å². The highest BCUT2D eigenvalue weighted by atomic mass is 16.2. The molecule has 0 saturated heterocycles. The quantitative estimate of drug-likeness (QED) is 0.562. The lowest BCUT2D eigenvalue weighted by atomic mass is 10.1. The molecular formula is C22H19N5O2. The van der Waals surface area contributed by atoms with E-state index in [0.717, 1.165) is 5.69 Å². The summed E-state index contributed by atoms with van der Waals surface area (Å²) in [5.41, 5.74) is 9.29. The number of hydrogen-bond donors (Lipinski definition) is 2. The molecule has 7 heteroatoms. The fourth-order valence-electron chi connectivity index (χ4n) is 3.34. The van der Waals surface area contributed by atoms with Gasteiger partial charge in [-0.15, -0.1) is 0 Å². The molecule has 0 radical (unpaired) electrons. The van der Waals surface area contributed by atoms with Gasteiger partial charge in [-0.3, -0.25) is 9.59 Å². The zero-order valence-electron chi connectivity index (χ0n) is 16.0. The summed E-state index contributed by atoms with van der Waals surface area (Å²) in [4.78, 5) is 29.4. The summed E-state index contributed by atoms with van der Waals surface area (Å²) in [7, 11) is 0. The molecule has 0 atom stereocenters. The number of pyridine rings is 1. The van der Waals surface area contributed by atoms with Crippen molar-refractivity contribution in [3.8, 4) is 5.69 Å². The van der Waals surface area contributed by atoms with Crippen LogP contribution < -0.4 is 11.1 Å². The smallest absolute Gasteiger partial charge is 0.256 e. The summed E-state index contributed by atoms with van der Waals surface area (Å²) in [5, 5.41) is 8.06. The van der Waals surface area contributed by atoms with E-state index in [1.165, 1.54) is 0 Å². The molecular weight excluding hydrogens is 366 g/mol. The summed E-state index contributed by atoms with van der Waals surface area (Å²) >= 11 is 0. The molecule has 0 saturated carbocycles. The number of anilines is 1. The zero-order chi connectivity index (χ0) is 20.5. The van der Waals surface area contributed by atoms with Gasteiger partial charge in [0.05, 0.1) is 33.6 Å². The Labute approximate surface area is 167 Å². The number of nitrogens with one attached hydrogen (secondary N) is 1. The Bertz CT molecular complexity index is 1250. The Hall–Kier alpha value is -4.00. The molecule has 3 N–H and O–H groups in total. The van der Waals surface area contributed by atoms with Crippen LogP contribution in [0.1, 0.15) is 32.1 Å². The largest absolute Gasteiger partial charge is 0.366 e. The van der Waals surface area contributed by atoms with Crippen molar-refractivity contribution in [3.05, 3.63) is 83.2 Å². The number of hydrogen-bond acceptors (Lipinski definition) is 4. The predicted octanol–water partition coefficient (Wildman–Crippen LogP) is 3.39. The first-order valence-electron chi connectivity index (χ1n) is 9.08. The monoisotopic (exact) mass is 385 g/mol. The highest BCUT2D eigenvalue weighted by Crippen LogP contribution is 2.26. The number of rotatable bonds is 4. The molecule has 29 heavy (non-hydrogen) atoms. The van der Waals surface area contributed by atoms with Crippen LogP contribution in [0.4, 0.5) is 5.69 Å². The Morgan fingerprint density at radius 1 is 0.966 bits per heavy atom. The Kier molecular flexibility index (Phi) is 4.56. The first-order chi connectivity index (χ1) is 14.0. The molecule has 2 aromatic heterocycles. The lowest BCUT2D eigenvalue weighted by molar-refractivity contribution is 0.100. The maximum Gasteiger partial charge on any atom is 0.256 e. The third kappa shape index (κ3) is 3.34. The van der Waals surface area contributed by atoms with E-state index in [4.69, 9.17) is 5.73 Å². The number of primary amides is 1. The van der Waals surface area contributed by atoms with Gasteiger partial charge in [0.1, 0.15) is 0 Å². The van der Waals surface area contributed by atoms with Crippen molar-refractivity contribution < 1.29 is 9.59 Å². The molecule has 0 bridgehead atoms. The molecule has 0 aliphatic heterocycles. The number of aromatic nitrogens is 3. The molecule has 4 aromatic rings. The molecule has 7 nitrogen and oxygen atoms in total. The summed E-state index contributed by atoms with van der Waals surface area (Å²) < 4.78 is 1.73. The van der Waals surface area contributed by atoms with E-state index in [-0.39, 0.29) is 11.5 Å². The third-order valence-corrected chi connectivity index (χ3v) is 4.63. The fourth-order valence-corrected chi connectivity index (χ4v) is 3.34. The number of para-hydroxylation sites is 2. The highest BCUT2D eigenvalue weighted by Gasteiger charge is 2.20. The van der Waals surface area contributed by atoms with Crippen molar-refractivity contribution in [2.75, 3.05) is 5.32 Å². The van der Waals surface area contributed by atoms with Crippen molar-refractivity contribution >= 4 is 28.5 Å². The molecule has 0 aliphatic carbocycles. The van der Waals surface area contributed by atoms with Crippen molar-refractivity contribution in [2.24, 2.45) is 5.73 Å². The summed E-state index contributed by atoms with van der Waals surface area (Å²) in [6.45, 7) is 3.66. The molecule has 0 aliphatic rings. The second kappa shape index (κ2) is 7.20. The minimum atomic E-state index is -0.606. The maximum absolute atomic E-state index is 13.1. The van der Waals surface area contributed by atoms with E-state index < -0.39 is 5.91 Å². The first kappa shape index (κ1) is 18.4. The van der Waals surface area contributed by atoms with Crippen LogP contribution in [0.5, 0.6) is 0 Å². The standard InChI is InChI=1S/C22H19N5O2/c1-13-12-17(22(29)25-18-11-7-6-10-16(18)20(23)28)19-14(2)26-27(21(19)24-13)15-8-4-3-5-9-15/h3-12H,1-2H3,(H2,23,28)(H,25,29). The van der Waals surface area contributed by atoms with Crippen LogP contribution >= 0.6 is 0 Å². The van der Waals surface area contributed by atoms with Crippen molar-refractivity contribution in [2.45, 2.75) is 13.8 Å². The molecule has 2 heterocycles. The number of carbonyl (C=O) groups is 2. The van der Waals surface area contributed by atoms with E-state index in [0.29, 0.717) is 33.7 Å². The molecule has 4 rings (SSSR count). The van der Waals surface area contributed by atoms with Gasteiger partial charge < -0.3 is 11.1 Å². The van der Waals surface area contributed by atoms with E-state index in [9.17, 15) is 9.59 Å². The van der Waals surface area contributed by atoms with Gasteiger partial charge in [-0.2, -0.15) is 5.10 Å². The Morgan fingerprint density at radius 2 is 1.66 bits per heavy atom. The average molecular weight is 385 g/mol. The summed E-state index contributed by atoms with van der Waals surface area (Å²) in [5.74, 6) is -0.963. The minimum Gasteiger partial charge on any atom is -0.366 e. The van der Waals surface area contributed by atoms with Gasteiger partial charge >= 0.3 is 0 Å². The number of nitrogens with zero attached hydrogens (tertiary/aromatic N) is 3. The van der Waals surface area contributed by atoms with Crippen LogP contribution in [0.25, 0.3) is 16.7 Å². The number of aryl methyl sites for hydroxylation is 2. The van der Waals surface area contributed by atoms with Crippen molar-refractivity contribution in [3.63, 3.8) is 0 Å². The molecule has 0 spiro atoms. The van der Waals surface area contributed by atoms with Crippen LogP contribution in [-0.2, 0) is 0 Å². The Morgan fingerprint density at radius 3 is 2.38 bits per heavy atom. The SMILES string of the molecule is Cc1cc(C(=O)Nc2ccccc2C(N)=O)c2c(C)nn(-c3ccccc3)c2n1. The first-order valence-corrected chi connectivity index (χ1v) is 9.08. The molecule has 0 unspecified atom stereocenters. The fraction of sp³-hybridized carbons (Fsp3) is 0.0909. The van der Waals surface area contributed by atoms with Gasteiger partial charge in [-0.25, -0.2) is 9.67 Å². The zero-order valence-corrected chi connectivity index (χ0v) is 16.0. The van der Waals surface area contributed by atoms with Gasteiger partial charge in [-0.05, 0) is 44.2 Å². The lowest BCUT2D eigenvalue weighted by Gasteiger charge is -2.10. The van der Waals surface area contributed by atoms with Crippen molar-refractivity contribution in [1.29, 1.82) is 0 Å². The van der Waals surface area contributed by atoms with Crippen LogP contribution in [0, 0.1) is 13.8 Å². The van der Waals surface area contributed by atoms with Crippen LogP contribution in [0.2, 0.25) is 0 Å². The van der Waals surface area contributed by atoms with Crippen LogP contribution in [0.15, 0.2) is 60.7 Å². The topological polar surface area (TPSA) is 103 Å². The minimum absolute atomic E-state index is 0.250. The van der Waals surface area contributed by atoms with E-state index in [1.54, 1.807) is 35.0 Å². The second-order valence-electron chi connectivity index (χ2n) is 6.71. The highest BCUT2D eigenvalue weighted by molar-refractivity contribution is 6.14. The normalized spacial score (nSPS) is 10.8. The van der Waals surface area contributed by atoms with Gasteiger partial charge in [-0.1, -0.05) is 30.3 Å². The Balaban J connectivity index is 1.84. The summed E-state index contributed by atoms with van der Waals surface area (Å²) in [6, 6.07) is 18.0. The predicted molar refractivity (Wildman–Crippen MR) is 111 cm³/mol. The van der Waals surface area contributed by atoms with E-state index in [2.05, 4.69) is 15.4 Å². The average Bonchev–Trinajstić information content (AvgIpc) is 3.04. The van der Waals surface area contributed by atoms with Crippen LogP contribution in [0.3, 0.4) is 0 Å². The number of amides is 2. The van der Waals surface area contributed by atoms with Gasteiger partial charge in [0, 0.05) is 5.69 Å². The number of carbonyl (C=O) groups excluding carboxylic acids is 2. The van der Waals surface area contributed by atoms with Gasteiger partial charge in [0.2, 0.25) is 0 Å². The summed E-state index contributed by atoms with van der Waals surface area (Å²) in [6.07, 6.45) is 0. The number of fused-ring (bicyclic) bond motifs is 1. The molecule has 0 fully saturated rings. The number of benzene rings is 2. The second-order valence-corrected chi connectivity index (χ2v) is 6.71. The molecule has 144 valence electrons. The van der Waals surface area contributed by atoms with E-state index >= 15 is 0 Å². The van der Waals surface area contributed by atoms with Crippen molar-refractivity contribution in [1.82, 2.24) is 14.8 Å². The molecule has 2 aromatic carbocycles. The van der Waals surface area contributed by atoms with Gasteiger partial charge in [0.25, 0.3) is 11.8 Å².